The number of aromatic nitrogens is 2. The van der Waals surface area contributed by atoms with E-state index in [1.807, 2.05) is 23.1 Å². The number of imidazole rings is 1. The van der Waals surface area contributed by atoms with Crippen molar-refractivity contribution in [3.8, 4) is 0 Å². The summed E-state index contributed by atoms with van der Waals surface area (Å²) in [5.41, 5.74) is 7.15. The number of likely N-dealkylation sites (tertiary alicyclic amines) is 1. The number of nitrogens with one attached hydrogen (secondary N) is 2. The van der Waals surface area contributed by atoms with Crippen LogP contribution in [0.4, 0.5) is 5.69 Å². The van der Waals surface area contributed by atoms with Crippen molar-refractivity contribution in [3.63, 3.8) is 0 Å². The van der Waals surface area contributed by atoms with Crippen LogP contribution in [-0.4, -0.2) is 51.8 Å². The van der Waals surface area contributed by atoms with Crippen molar-refractivity contribution in [2.45, 2.75) is 74.6 Å². The van der Waals surface area contributed by atoms with Crippen molar-refractivity contribution >= 4 is 29.2 Å². The van der Waals surface area contributed by atoms with E-state index >= 15 is 0 Å². The third kappa shape index (κ3) is 4.86. The molecule has 1 fully saturated rings. The summed E-state index contributed by atoms with van der Waals surface area (Å²) in [5, 5.41) is 7.15. The fourth-order valence-electron chi connectivity index (χ4n) is 4.90. The number of rotatable bonds is 8. The Morgan fingerprint density at radius 2 is 1.91 bits per heavy atom. The number of benzene rings is 1. The number of carbonyl (C=O) groups is 1. The number of piperidine rings is 1. The van der Waals surface area contributed by atoms with E-state index in [0.29, 0.717) is 30.1 Å². The molecular weight excluding hydrogens is 420 g/mol. The first-order valence-electron chi connectivity index (χ1n) is 11.7. The van der Waals surface area contributed by atoms with Crippen LogP contribution in [0.2, 0.25) is 0 Å². The molecule has 1 unspecified atom stereocenters. The predicted octanol–water partition coefficient (Wildman–Crippen LogP) is 4.31. The molecule has 2 aromatic rings. The smallest absolute Gasteiger partial charge is 0.246 e. The number of carbonyl (C=O) groups excluding carboxylic acids is 1. The number of aromatic amines is 1. The van der Waals surface area contributed by atoms with E-state index in [0.717, 1.165) is 36.4 Å². The van der Waals surface area contributed by atoms with E-state index in [9.17, 15) is 4.79 Å². The van der Waals surface area contributed by atoms with Crippen LogP contribution in [0.5, 0.6) is 0 Å². The third-order valence-corrected chi connectivity index (χ3v) is 7.96. The van der Waals surface area contributed by atoms with Gasteiger partial charge in [-0.15, -0.1) is 11.8 Å². The number of thioether (sulfide) groups is 1. The van der Waals surface area contributed by atoms with Crippen LogP contribution in [-0.2, 0) is 4.79 Å². The summed E-state index contributed by atoms with van der Waals surface area (Å²) in [5.74, 6) is 0.229. The quantitative estimate of drug-likeness (QED) is 0.313. The SMILES string of the molecule is C[C@@H]1CCC[C@H](C)N1CCCCCN1C(=O)C(c2c[nH]c(C(=N)N)n2)Sc2ccccc21. The molecule has 32 heavy (non-hydrogen) atoms. The molecule has 3 heterocycles. The van der Waals surface area contributed by atoms with E-state index in [-0.39, 0.29) is 11.7 Å². The number of hydrogen-bond acceptors (Lipinski definition) is 5. The van der Waals surface area contributed by atoms with Gasteiger partial charge in [0.2, 0.25) is 5.91 Å². The molecule has 4 rings (SSSR count). The zero-order valence-electron chi connectivity index (χ0n) is 19.0. The highest BCUT2D eigenvalue weighted by Gasteiger charge is 2.35. The Bertz CT molecular complexity index is 949. The van der Waals surface area contributed by atoms with Crippen molar-refractivity contribution in [1.29, 1.82) is 5.41 Å². The molecule has 0 radical (unpaired) electrons. The fraction of sp³-hybridized carbons (Fsp3) is 0.542. The van der Waals surface area contributed by atoms with E-state index in [1.165, 1.54) is 31.0 Å². The van der Waals surface area contributed by atoms with E-state index < -0.39 is 5.25 Å². The number of unbranched alkanes of at least 4 members (excludes halogenated alkanes) is 2. The first-order valence-corrected chi connectivity index (χ1v) is 12.6. The Morgan fingerprint density at radius 1 is 1.19 bits per heavy atom. The van der Waals surface area contributed by atoms with Gasteiger partial charge in [-0.1, -0.05) is 25.0 Å². The van der Waals surface area contributed by atoms with E-state index in [1.54, 1.807) is 6.20 Å². The molecule has 0 saturated carbocycles. The minimum absolute atomic E-state index is 0.0496. The highest BCUT2D eigenvalue weighted by atomic mass is 32.2. The summed E-state index contributed by atoms with van der Waals surface area (Å²) in [6.07, 6.45) is 8.90. The highest BCUT2D eigenvalue weighted by Crippen LogP contribution is 2.46. The molecular formula is C24H34N6OS. The molecule has 1 aromatic heterocycles. The number of para-hydroxylation sites is 1. The van der Waals surface area contributed by atoms with Crippen LogP contribution in [0.1, 0.15) is 69.1 Å². The highest BCUT2D eigenvalue weighted by molar-refractivity contribution is 8.00. The van der Waals surface area contributed by atoms with Crippen molar-refractivity contribution in [2.24, 2.45) is 5.73 Å². The largest absolute Gasteiger partial charge is 0.381 e. The van der Waals surface area contributed by atoms with Gasteiger partial charge in [0.1, 0.15) is 5.25 Å². The van der Waals surface area contributed by atoms with Crippen LogP contribution >= 0.6 is 11.8 Å². The van der Waals surface area contributed by atoms with E-state index in [4.69, 9.17) is 11.1 Å². The van der Waals surface area contributed by atoms with Gasteiger partial charge in [0.25, 0.3) is 0 Å². The van der Waals surface area contributed by atoms with Gasteiger partial charge < -0.3 is 15.6 Å². The summed E-state index contributed by atoms with van der Waals surface area (Å²) < 4.78 is 0. The molecule has 4 N–H and O–H groups in total. The molecule has 7 nitrogen and oxygen atoms in total. The van der Waals surface area contributed by atoms with E-state index in [2.05, 4.69) is 34.8 Å². The zero-order chi connectivity index (χ0) is 22.7. The van der Waals surface area contributed by atoms with Crippen molar-refractivity contribution in [2.75, 3.05) is 18.0 Å². The van der Waals surface area contributed by atoms with Gasteiger partial charge in [0, 0.05) is 29.7 Å². The Hall–Kier alpha value is -2.32. The number of fused-ring (bicyclic) bond motifs is 1. The second-order valence-electron chi connectivity index (χ2n) is 8.97. The standard InChI is InChI=1S/C24H34N6OS/c1-16-9-8-10-17(2)29(16)13-6-3-7-14-30-19-11-4-5-12-20(19)32-21(24(30)31)18-15-27-23(28-18)22(25)26/h4-5,11-12,15-17,21H,3,6-10,13-14H2,1-2H3,(H3,25,26)(H,27,28)/t16-,17+,21?. The Labute approximate surface area is 194 Å². The van der Waals surface area contributed by atoms with Gasteiger partial charge >= 0.3 is 0 Å². The molecule has 0 aliphatic carbocycles. The molecule has 0 bridgehead atoms. The molecule has 1 aromatic carbocycles. The molecule has 2 aliphatic heterocycles. The van der Waals surface area contributed by atoms with Gasteiger partial charge in [0.05, 0.1) is 11.4 Å². The maximum absolute atomic E-state index is 13.4. The second kappa shape index (κ2) is 10.1. The molecule has 3 atom stereocenters. The zero-order valence-corrected chi connectivity index (χ0v) is 19.8. The average molecular weight is 455 g/mol. The van der Waals surface area contributed by atoms with Gasteiger partial charge in [-0.05, 0) is 58.2 Å². The predicted molar refractivity (Wildman–Crippen MR) is 130 cm³/mol. The average Bonchev–Trinajstić information content (AvgIpc) is 3.27. The summed E-state index contributed by atoms with van der Waals surface area (Å²) in [6, 6.07) is 9.44. The van der Waals surface area contributed by atoms with Gasteiger partial charge in [-0.25, -0.2) is 4.98 Å². The van der Waals surface area contributed by atoms with Gasteiger partial charge in [0.15, 0.2) is 11.7 Å². The lowest BCUT2D eigenvalue weighted by Crippen LogP contribution is -2.44. The Kier molecular flexibility index (Phi) is 7.20. The van der Waals surface area contributed by atoms with Crippen LogP contribution < -0.4 is 10.6 Å². The molecule has 1 amide bonds. The monoisotopic (exact) mass is 454 g/mol. The lowest BCUT2D eigenvalue weighted by atomic mass is 9.97. The first kappa shape index (κ1) is 22.9. The Balaban J connectivity index is 1.39. The molecule has 172 valence electrons. The summed E-state index contributed by atoms with van der Waals surface area (Å²) in [7, 11) is 0. The first-order chi connectivity index (χ1) is 15.5. The molecule has 2 aliphatic rings. The molecule has 0 spiro atoms. The molecule has 8 heteroatoms. The van der Waals surface area contributed by atoms with Gasteiger partial charge in [-0.2, -0.15) is 0 Å². The maximum Gasteiger partial charge on any atom is 0.246 e. The lowest BCUT2D eigenvalue weighted by Gasteiger charge is -2.39. The summed E-state index contributed by atoms with van der Waals surface area (Å²) >= 11 is 1.52. The van der Waals surface area contributed by atoms with Crippen LogP contribution in [0.25, 0.3) is 0 Å². The third-order valence-electron chi connectivity index (χ3n) is 6.69. The number of anilines is 1. The van der Waals surface area contributed by atoms with Crippen LogP contribution in [0.3, 0.4) is 0 Å². The fourth-order valence-corrected chi connectivity index (χ4v) is 6.08. The Morgan fingerprint density at radius 3 is 2.62 bits per heavy atom. The normalized spacial score (nSPS) is 23.9. The molecule has 1 saturated heterocycles. The number of amides is 1. The lowest BCUT2D eigenvalue weighted by molar-refractivity contribution is -0.118. The minimum Gasteiger partial charge on any atom is -0.381 e. The van der Waals surface area contributed by atoms with Crippen LogP contribution in [0.15, 0.2) is 35.4 Å². The number of hydrogen-bond donors (Lipinski definition) is 3. The topological polar surface area (TPSA) is 102 Å². The number of nitrogens with two attached hydrogens (primary N) is 1. The second-order valence-corrected chi connectivity index (χ2v) is 10.1. The summed E-state index contributed by atoms with van der Waals surface area (Å²) in [4.78, 5) is 26.4. The number of amidine groups is 1. The van der Waals surface area contributed by atoms with Gasteiger partial charge in [-0.3, -0.25) is 15.1 Å². The number of nitrogens with zero attached hydrogens (tertiary/aromatic N) is 3. The summed E-state index contributed by atoms with van der Waals surface area (Å²) in [6.45, 7) is 6.56. The maximum atomic E-state index is 13.4. The van der Waals surface area contributed by atoms with Crippen molar-refractivity contribution < 1.29 is 4.79 Å². The van der Waals surface area contributed by atoms with Crippen molar-refractivity contribution in [1.82, 2.24) is 14.9 Å². The minimum atomic E-state index is -0.427. The number of H-pyrrole nitrogens is 1. The van der Waals surface area contributed by atoms with Crippen LogP contribution in [0, 0.1) is 5.41 Å². The number of nitrogen functional groups attached to an aromatic ring is 1. The van der Waals surface area contributed by atoms with Crippen molar-refractivity contribution in [3.05, 3.63) is 42.0 Å².